The molecule has 28 heavy (non-hydrogen) atoms. The summed E-state index contributed by atoms with van der Waals surface area (Å²) in [5, 5.41) is 0. The second-order valence-electron chi connectivity index (χ2n) is 8.21. The third-order valence-electron chi connectivity index (χ3n) is 6.01. The number of fused-ring (bicyclic) bond motifs is 2. The van der Waals surface area contributed by atoms with Crippen molar-refractivity contribution in [3.05, 3.63) is 59.7 Å². The van der Waals surface area contributed by atoms with Crippen molar-refractivity contribution < 1.29 is 14.2 Å². The third-order valence-corrected chi connectivity index (χ3v) is 6.01. The van der Waals surface area contributed by atoms with Gasteiger partial charge >= 0.3 is 0 Å². The van der Waals surface area contributed by atoms with Gasteiger partial charge in [0.2, 0.25) is 0 Å². The van der Waals surface area contributed by atoms with Gasteiger partial charge in [0.25, 0.3) is 0 Å². The summed E-state index contributed by atoms with van der Waals surface area (Å²) in [6, 6.07) is 17.0. The van der Waals surface area contributed by atoms with E-state index in [0.29, 0.717) is 11.8 Å². The summed E-state index contributed by atoms with van der Waals surface area (Å²) in [7, 11) is 1.64. The molecule has 1 saturated heterocycles. The third kappa shape index (κ3) is 4.50. The highest BCUT2D eigenvalue weighted by Crippen LogP contribution is 2.40. The Morgan fingerprint density at radius 3 is 2.43 bits per heavy atom. The summed E-state index contributed by atoms with van der Waals surface area (Å²) >= 11 is 0. The van der Waals surface area contributed by atoms with Gasteiger partial charge in [-0.15, -0.1) is 0 Å². The van der Waals surface area contributed by atoms with Gasteiger partial charge in [-0.25, -0.2) is 0 Å². The molecular formula is C24H31NO3. The van der Waals surface area contributed by atoms with E-state index < -0.39 is 0 Å². The van der Waals surface area contributed by atoms with Crippen LogP contribution in [0.2, 0.25) is 0 Å². The first-order valence-corrected chi connectivity index (χ1v) is 10.4. The zero-order chi connectivity index (χ0) is 19.3. The van der Waals surface area contributed by atoms with E-state index in [-0.39, 0.29) is 12.9 Å². The Kier molecular flexibility index (Phi) is 6.18. The van der Waals surface area contributed by atoms with Gasteiger partial charge < -0.3 is 14.2 Å². The normalized spacial score (nSPS) is 24.7. The number of piperidine rings is 1. The van der Waals surface area contributed by atoms with Crippen LogP contribution in [0.5, 0.6) is 11.5 Å². The zero-order valence-corrected chi connectivity index (χ0v) is 17.0. The van der Waals surface area contributed by atoms with Crippen LogP contribution in [0.1, 0.15) is 30.4 Å². The van der Waals surface area contributed by atoms with Crippen LogP contribution in [0.25, 0.3) is 0 Å². The summed E-state index contributed by atoms with van der Waals surface area (Å²) in [5.41, 5.74) is 2.56. The van der Waals surface area contributed by atoms with Crippen LogP contribution in [0.4, 0.5) is 0 Å². The summed E-state index contributed by atoms with van der Waals surface area (Å²) < 4.78 is 17.5. The van der Waals surface area contributed by atoms with Gasteiger partial charge in [0.15, 0.2) is 18.3 Å². The smallest absolute Gasteiger partial charge is 0.188 e. The molecule has 2 fully saturated rings. The zero-order valence-electron chi connectivity index (χ0n) is 17.0. The van der Waals surface area contributed by atoms with Gasteiger partial charge in [-0.2, -0.15) is 0 Å². The Hall–Kier alpha value is -2.04. The number of ether oxygens (including phenoxy) is 3. The number of methoxy groups -OCH3 is 1. The van der Waals surface area contributed by atoms with Crippen molar-refractivity contribution in [3.63, 3.8) is 0 Å². The van der Waals surface area contributed by atoms with Crippen LogP contribution in [0.15, 0.2) is 48.5 Å². The van der Waals surface area contributed by atoms with Crippen LogP contribution in [-0.2, 0) is 11.3 Å². The van der Waals surface area contributed by atoms with E-state index in [4.69, 9.17) is 14.2 Å². The lowest BCUT2D eigenvalue weighted by Crippen LogP contribution is -2.53. The first kappa shape index (κ1) is 19.3. The van der Waals surface area contributed by atoms with Crippen LogP contribution >= 0.6 is 0 Å². The lowest BCUT2D eigenvalue weighted by Gasteiger charge is -2.47. The fourth-order valence-corrected chi connectivity index (χ4v) is 4.74. The summed E-state index contributed by atoms with van der Waals surface area (Å²) in [4.78, 5) is 2.61. The average Bonchev–Trinajstić information content (AvgIpc) is 2.69. The van der Waals surface area contributed by atoms with Crippen molar-refractivity contribution in [2.24, 2.45) is 11.8 Å². The molecule has 2 aliphatic rings. The molecule has 0 aromatic heterocycles. The Bertz CT molecular complexity index is 750. The number of hydrogen-bond acceptors (Lipinski definition) is 4. The number of rotatable bonds is 7. The molecule has 1 unspecified atom stereocenters. The molecule has 4 nitrogen and oxygen atoms in total. The molecule has 150 valence electrons. The maximum Gasteiger partial charge on any atom is 0.188 e. The van der Waals surface area contributed by atoms with Crippen molar-refractivity contribution in [1.29, 1.82) is 0 Å². The van der Waals surface area contributed by atoms with Crippen molar-refractivity contribution >= 4 is 0 Å². The van der Waals surface area contributed by atoms with Crippen LogP contribution in [-0.4, -0.2) is 38.0 Å². The number of likely N-dealkylation sites (tertiary alicyclic amines) is 1. The molecule has 4 heteroatoms. The summed E-state index contributed by atoms with van der Waals surface area (Å²) in [5.74, 6) is 2.79. The Morgan fingerprint density at radius 2 is 1.71 bits per heavy atom. The van der Waals surface area contributed by atoms with Crippen molar-refractivity contribution in [2.75, 3.05) is 27.0 Å². The van der Waals surface area contributed by atoms with E-state index >= 15 is 0 Å². The van der Waals surface area contributed by atoms with Gasteiger partial charge in [-0.3, -0.25) is 4.90 Å². The van der Waals surface area contributed by atoms with Crippen LogP contribution in [0.3, 0.4) is 0 Å². The minimum atomic E-state index is 0.238. The summed E-state index contributed by atoms with van der Waals surface area (Å²) in [6.07, 6.45) is 4.07. The standard InChI is InChI=1S/C24H31NO3/c1-18-11-12-22(23(13-18)27-17-26-2)28-24-20-9-6-10-21(24)16-25(15-20)14-19-7-4-3-5-8-19/h3-5,7-8,11-13,20-21,24H,6,9-10,14-17H2,1-2H3/t20-,21+,24?. The quantitative estimate of drug-likeness (QED) is 0.653. The number of nitrogens with zero attached hydrogens (tertiary/aromatic N) is 1. The highest BCUT2D eigenvalue weighted by molar-refractivity contribution is 5.42. The topological polar surface area (TPSA) is 30.9 Å². The Labute approximate surface area is 168 Å². The second-order valence-corrected chi connectivity index (χ2v) is 8.21. The Morgan fingerprint density at radius 1 is 0.964 bits per heavy atom. The van der Waals surface area contributed by atoms with E-state index in [1.165, 1.54) is 24.8 Å². The minimum absolute atomic E-state index is 0.238. The molecule has 4 rings (SSSR count). The molecule has 0 spiro atoms. The van der Waals surface area contributed by atoms with Gasteiger partial charge in [-0.1, -0.05) is 42.8 Å². The molecule has 3 atom stereocenters. The maximum absolute atomic E-state index is 6.60. The summed E-state index contributed by atoms with van der Waals surface area (Å²) in [6.45, 7) is 5.56. The highest BCUT2D eigenvalue weighted by atomic mass is 16.7. The van der Waals surface area contributed by atoms with Gasteiger partial charge in [0.1, 0.15) is 6.10 Å². The van der Waals surface area contributed by atoms with E-state index in [0.717, 1.165) is 36.7 Å². The van der Waals surface area contributed by atoms with Gasteiger partial charge in [-0.05, 0) is 43.0 Å². The van der Waals surface area contributed by atoms with Crippen LogP contribution in [0, 0.1) is 18.8 Å². The van der Waals surface area contributed by atoms with Gasteiger partial charge in [0.05, 0.1) is 0 Å². The Balaban J connectivity index is 1.46. The highest BCUT2D eigenvalue weighted by Gasteiger charge is 2.41. The second kappa shape index (κ2) is 8.97. The molecule has 1 aliphatic heterocycles. The van der Waals surface area contributed by atoms with Crippen molar-refractivity contribution in [2.45, 2.75) is 38.8 Å². The van der Waals surface area contributed by atoms with Crippen molar-refractivity contribution in [3.8, 4) is 11.5 Å². The minimum Gasteiger partial charge on any atom is -0.486 e. The molecule has 1 heterocycles. The maximum atomic E-state index is 6.60. The van der Waals surface area contributed by atoms with E-state index in [1.54, 1.807) is 7.11 Å². The predicted molar refractivity (Wildman–Crippen MR) is 111 cm³/mol. The average molecular weight is 382 g/mol. The molecule has 0 N–H and O–H groups in total. The van der Waals surface area contributed by atoms with E-state index in [2.05, 4.69) is 48.2 Å². The van der Waals surface area contributed by atoms with E-state index in [1.807, 2.05) is 12.1 Å². The predicted octanol–water partition coefficient (Wildman–Crippen LogP) is 4.66. The SMILES string of the molecule is COCOc1cc(C)ccc1OC1[C@@H]2CCC[C@H]1CN(Cc1ccccc1)C2. The molecule has 0 radical (unpaired) electrons. The number of hydrogen-bond donors (Lipinski definition) is 0. The first-order chi connectivity index (χ1) is 13.7. The fraction of sp³-hybridized carbons (Fsp3) is 0.500. The fourth-order valence-electron chi connectivity index (χ4n) is 4.74. The number of benzene rings is 2. The van der Waals surface area contributed by atoms with Crippen LogP contribution < -0.4 is 9.47 Å². The molecule has 2 aromatic rings. The largest absolute Gasteiger partial charge is 0.486 e. The molecule has 0 amide bonds. The molecule has 2 aromatic carbocycles. The number of aryl methyl sites for hydroxylation is 1. The van der Waals surface area contributed by atoms with Gasteiger partial charge in [0, 0.05) is 38.6 Å². The first-order valence-electron chi connectivity index (χ1n) is 10.4. The molecule has 2 bridgehead atoms. The lowest BCUT2D eigenvalue weighted by molar-refractivity contribution is -0.0392. The molecule has 1 aliphatic carbocycles. The van der Waals surface area contributed by atoms with E-state index in [9.17, 15) is 0 Å². The van der Waals surface area contributed by atoms with Crippen molar-refractivity contribution in [1.82, 2.24) is 4.90 Å². The molecule has 1 saturated carbocycles. The monoisotopic (exact) mass is 381 g/mol. The molecular weight excluding hydrogens is 350 g/mol. The lowest BCUT2D eigenvalue weighted by atomic mass is 9.75.